The Labute approximate surface area is 154 Å². The third-order valence-electron chi connectivity index (χ3n) is 4.03. The highest BCUT2D eigenvalue weighted by Gasteiger charge is 2.20. The molecule has 0 radical (unpaired) electrons. The van der Waals surface area contributed by atoms with Crippen molar-refractivity contribution in [2.75, 3.05) is 18.5 Å². The lowest BCUT2D eigenvalue weighted by atomic mass is 10.1. The fourth-order valence-corrected chi connectivity index (χ4v) is 3.21. The van der Waals surface area contributed by atoms with E-state index in [2.05, 4.69) is 26.6 Å². The second-order valence-electron chi connectivity index (χ2n) is 5.87. The normalized spacial score (nSPS) is 16.9. The van der Waals surface area contributed by atoms with E-state index in [0.29, 0.717) is 27.9 Å². The van der Waals surface area contributed by atoms with Crippen molar-refractivity contribution in [1.82, 2.24) is 5.32 Å². The smallest absolute Gasteiger partial charge is 0.256 e. The SMILES string of the molecule is O=C(Nc1ccccc1C(=O)NC1CCCOC1)c1ccccc1Br. The zero-order valence-corrected chi connectivity index (χ0v) is 15.2. The molecule has 2 aromatic rings. The maximum absolute atomic E-state index is 12.6. The molecule has 1 heterocycles. The van der Waals surface area contributed by atoms with Crippen molar-refractivity contribution in [3.63, 3.8) is 0 Å². The Kier molecular flexibility index (Phi) is 5.83. The highest BCUT2D eigenvalue weighted by Crippen LogP contribution is 2.20. The highest BCUT2D eigenvalue weighted by molar-refractivity contribution is 9.10. The van der Waals surface area contributed by atoms with Gasteiger partial charge < -0.3 is 15.4 Å². The third-order valence-corrected chi connectivity index (χ3v) is 4.73. The van der Waals surface area contributed by atoms with Gasteiger partial charge in [0.05, 0.1) is 29.5 Å². The van der Waals surface area contributed by atoms with Gasteiger partial charge in [0.2, 0.25) is 0 Å². The van der Waals surface area contributed by atoms with Crippen LogP contribution in [0.1, 0.15) is 33.6 Å². The van der Waals surface area contributed by atoms with Gasteiger partial charge in [0.25, 0.3) is 11.8 Å². The average molecular weight is 403 g/mol. The van der Waals surface area contributed by atoms with Crippen molar-refractivity contribution >= 4 is 33.4 Å². The van der Waals surface area contributed by atoms with Gasteiger partial charge in [-0.25, -0.2) is 0 Å². The predicted octanol–water partition coefficient (Wildman–Crippen LogP) is 3.61. The van der Waals surface area contributed by atoms with Gasteiger partial charge in [-0.15, -0.1) is 0 Å². The van der Waals surface area contributed by atoms with Crippen LogP contribution in [0.15, 0.2) is 53.0 Å². The Morgan fingerprint density at radius 1 is 1.00 bits per heavy atom. The van der Waals surface area contributed by atoms with Crippen LogP contribution < -0.4 is 10.6 Å². The molecule has 2 amide bonds. The Morgan fingerprint density at radius 2 is 1.72 bits per heavy atom. The number of nitrogens with one attached hydrogen (secondary N) is 2. The van der Waals surface area contributed by atoms with E-state index >= 15 is 0 Å². The van der Waals surface area contributed by atoms with Crippen LogP contribution in [0.25, 0.3) is 0 Å². The lowest BCUT2D eigenvalue weighted by molar-refractivity contribution is 0.0624. The number of anilines is 1. The molecule has 130 valence electrons. The minimum atomic E-state index is -0.270. The predicted molar refractivity (Wildman–Crippen MR) is 99.8 cm³/mol. The fourth-order valence-electron chi connectivity index (χ4n) is 2.74. The quantitative estimate of drug-likeness (QED) is 0.820. The third kappa shape index (κ3) is 4.46. The van der Waals surface area contributed by atoms with Crippen LogP contribution in [-0.4, -0.2) is 31.1 Å². The minimum Gasteiger partial charge on any atom is -0.379 e. The average Bonchev–Trinajstić information content (AvgIpc) is 2.63. The first kappa shape index (κ1) is 17.6. The molecule has 1 saturated heterocycles. The second kappa shape index (κ2) is 8.27. The van der Waals surface area contributed by atoms with Gasteiger partial charge in [0, 0.05) is 11.1 Å². The van der Waals surface area contributed by atoms with Crippen LogP contribution in [-0.2, 0) is 4.74 Å². The van der Waals surface area contributed by atoms with E-state index in [4.69, 9.17) is 4.74 Å². The fraction of sp³-hybridized carbons (Fsp3) is 0.263. The van der Waals surface area contributed by atoms with Crippen molar-refractivity contribution in [2.24, 2.45) is 0 Å². The van der Waals surface area contributed by atoms with Crippen LogP contribution in [0.4, 0.5) is 5.69 Å². The van der Waals surface area contributed by atoms with Gasteiger partial charge >= 0.3 is 0 Å². The van der Waals surface area contributed by atoms with Crippen molar-refractivity contribution in [1.29, 1.82) is 0 Å². The first-order valence-corrected chi connectivity index (χ1v) is 8.98. The maximum Gasteiger partial charge on any atom is 0.256 e. The summed E-state index contributed by atoms with van der Waals surface area (Å²) in [7, 11) is 0. The zero-order valence-electron chi connectivity index (χ0n) is 13.6. The summed E-state index contributed by atoms with van der Waals surface area (Å²) in [6, 6.07) is 14.2. The molecule has 0 saturated carbocycles. The number of rotatable bonds is 4. The maximum atomic E-state index is 12.6. The topological polar surface area (TPSA) is 67.4 Å². The van der Waals surface area contributed by atoms with Gasteiger partial charge in [-0.2, -0.15) is 0 Å². The molecule has 5 nitrogen and oxygen atoms in total. The molecule has 1 unspecified atom stereocenters. The first-order valence-electron chi connectivity index (χ1n) is 8.18. The molecule has 25 heavy (non-hydrogen) atoms. The Hall–Kier alpha value is -2.18. The molecule has 2 N–H and O–H groups in total. The number of benzene rings is 2. The van der Waals surface area contributed by atoms with Crippen LogP contribution >= 0.6 is 15.9 Å². The molecule has 0 spiro atoms. The zero-order chi connectivity index (χ0) is 17.6. The van der Waals surface area contributed by atoms with E-state index in [0.717, 1.165) is 19.4 Å². The van der Waals surface area contributed by atoms with Crippen LogP contribution in [0, 0.1) is 0 Å². The standard InChI is InChI=1S/C19H19BrN2O3/c20-16-9-3-1-7-14(16)18(23)22-17-10-4-2-8-15(17)19(24)21-13-6-5-11-25-12-13/h1-4,7-10,13H,5-6,11-12H2,(H,21,24)(H,22,23). The molecule has 6 heteroatoms. The summed E-state index contributed by atoms with van der Waals surface area (Å²) in [6.07, 6.45) is 1.84. The minimum absolute atomic E-state index is 0.00766. The van der Waals surface area contributed by atoms with Gasteiger partial charge in [0.1, 0.15) is 0 Å². The summed E-state index contributed by atoms with van der Waals surface area (Å²) < 4.78 is 6.10. The molecule has 2 aromatic carbocycles. The Bertz CT molecular complexity index is 773. The molecule has 0 aromatic heterocycles. The van der Waals surface area contributed by atoms with Gasteiger partial charge in [0.15, 0.2) is 0 Å². The lowest BCUT2D eigenvalue weighted by Gasteiger charge is -2.23. The lowest BCUT2D eigenvalue weighted by Crippen LogP contribution is -2.40. The van der Waals surface area contributed by atoms with Gasteiger partial charge in [-0.05, 0) is 53.0 Å². The van der Waals surface area contributed by atoms with Crippen LogP contribution in [0.2, 0.25) is 0 Å². The van der Waals surface area contributed by atoms with E-state index in [9.17, 15) is 9.59 Å². The monoisotopic (exact) mass is 402 g/mol. The molecule has 0 bridgehead atoms. The summed E-state index contributed by atoms with van der Waals surface area (Å²) in [5.74, 6) is -0.479. The number of amides is 2. The number of halogens is 1. The number of carbonyl (C=O) groups is 2. The van der Waals surface area contributed by atoms with Crippen molar-refractivity contribution < 1.29 is 14.3 Å². The van der Waals surface area contributed by atoms with Crippen LogP contribution in [0.5, 0.6) is 0 Å². The van der Waals surface area contributed by atoms with E-state index in [1.54, 1.807) is 42.5 Å². The van der Waals surface area contributed by atoms with E-state index in [1.165, 1.54) is 0 Å². The number of hydrogen-bond acceptors (Lipinski definition) is 3. The van der Waals surface area contributed by atoms with Crippen molar-refractivity contribution in [3.8, 4) is 0 Å². The van der Waals surface area contributed by atoms with Crippen LogP contribution in [0.3, 0.4) is 0 Å². The van der Waals surface area contributed by atoms with Crippen molar-refractivity contribution in [2.45, 2.75) is 18.9 Å². The second-order valence-corrected chi connectivity index (χ2v) is 6.72. The number of hydrogen-bond donors (Lipinski definition) is 2. The molecule has 3 rings (SSSR count). The number of carbonyl (C=O) groups excluding carboxylic acids is 2. The molecule has 1 aliphatic heterocycles. The highest BCUT2D eigenvalue weighted by atomic mass is 79.9. The van der Waals surface area contributed by atoms with Gasteiger partial charge in [-0.1, -0.05) is 24.3 Å². The first-order chi connectivity index (χ1) is 12.1. The van der Waals surface area contributed by atoms with E-state index in [1.807, 2.05) is 6.07 Å². The molecule has 1 aliphatic rings. The number of para-hydroxylation sites is 1. The molecule has 1 atom stereocenters. The largest absolute Gasteiger partial charge is 0.379 e. The Morgan fingerprint density at radius 3 is 2.44 bits per heavy atom. The summed E-state index contributed by atoms with van der Waals surface area (Å²) in [4.78, 5) is 25.1. The summed E-state index contributed by atoms with van der Waals surface area (Å²) >= 11 is 3.37. The molecule has 1 fully saturated rings. The Balaban J connectivity index is 1.75. The van der Waals surface area contributed by atoms with E-state index in [-0.39, 0.29) is 17.9 Å². The summed E-state index contributed by atoms with van der Waals surface area (Å²) in [6.45, 7) is 1.27. The molecular weight excluding hydrogens is 384 g/mol. The van der Waals surface area contributed by atoms with Crippen molar-refractivity contribution in [3.05, 3.63) is 64.1 Å². The van der Waals surface area contributed by atoms with Gasteiger partial charge in [-0.3, -0.25) is 9.59 Å². The summed E-state index contributed by atoms with van der Waals surface area (Å²) in [5.41, 5.74) is 1.43. The number of ether oxygens (including phenoxy) is 1. The molecule has 0 aliphatic carbocycles. The van der Waals surface area contributed by atoms with E-state index < -0.39 is 0 Å². The molecular formula is C19H19BrN2O3. The summed E-state index contributed by atoms with van der Waals surface area (Å²) in [5, 5.41) is 5.80.